The molecule has 0 aliphatic rings. The zero-order valence-corrected chi connectivity index (χ0v) is 7.30. The van der Waals surface area contributed by atoms with Gasteiger partial charge in [-0.2, -0.15) is 0 Å². The molecular weight excluding hydrogens is 186 g/mol. The Kier molecular flexibility index (Phi) is 5.40. The molecule has 1 unspecified atom stereocenters. The van der Waals surface area contributed by atoms with Crippen molar-refractivity contribution in [2.75, 3.05) is 19.5 Å². The lowest BCUT2D eigenvalue weighted by molar-refractivity contribution is -0.150. The van der Waals surface area contributed by atoms with Crippen LogP contribution >= 0.6 is 11.6 Å². The molecule has 0 saturated carbocycles. The molecule has 0 heterocycles. The number of hydrogen-bond donors (Lipinski definition) is 2. The highest BCUT2D eigenvalue weighted by molar-refractivity contribution is 6.27. The molecule has 0 aliphatic heterocycles. The first kappa shape index (κ1) is 11.2. The predicted octanol–water partition coefficient (Wildman–Crippen LogP) is -1.12. The fraction of sp³-hybridized carbons (Fsp3) is 0.667. The maximum atomic E-state index is 10.6. The minimum Gasteiger partial charge on any atom is -0.467 e. The molecule has 0 aromatic heterocycles. The molecule has 6 heteroatoms. The van der Waals surface area contributed by atoms with Crippen LogP contribution in [-0.4, -0.2) is 42.6 Å². The van der Waals surface area contributed by atoms with Crippen LogP contribution in [0.2, 0.25) is 0 Å². The van der Waals surface area contributed by atoms with Crippen LogP contribution in [0, 0.1) is 0 Å². The molecule has 0 saturated heterocycles. The van der Waals surface area contributed by atoms with Crippen molar-refractivity contribution in [3.63, 3.8) is 0 Å². The van der Waals surface area contributed by atoms with Gasteiger partial charge < -0.3 is 15.2 Å². The van der Waals surface area contributed by atoms with E-state index in [0.29, 0.717) is 0 Å². The molecular formula is C6H10ClNO4. The van der Waals surface area contributed by atoms with E-state index in [2.05, 4.69) is 10.1 Å². The SMILES string of the molecule is COC(=O)C(O)CNC(=O)CCl. The number of carbonyl (C=O) groups is 2. The largest absolute Gasteiger partial charge is 0.467 e. The lowest BCUT2D eigenvalue weighted by Gasteiger charge is -2.08. The second-order valence-electron chi connectivity index (χ2n) is 1.98. The summed E-state index contributed by atoms with van der Waals surface area (Å²) in [5.41, 5.74) is 0. The minimum atomic E-state index is -1.33. The molecule has 0 radical (unpaired) electrons. The standard InChI is InChI=1S/C6H10ClNO4/c1-12-6(11)4(9)3-8-5(10)2-7/h4,9H,2-3H2,1H3,(H,8,10). The van der Waals surface area contributed by atoms with Gasteiger partial charge in [0.25, 0.3) is 0 Å². The average molecular weight is 196 g/mol. The Hall–Kier alpha value is -0.810. The summed E-state index contributed by atoms with van der Waals surface area (Å²) in [4.78, 5) is 21.1. The van der Waals surface area contributed by atoms with Crippen molar-refractivity contribution < 1.29 is 19.4 Å². The second kappa shape index (κ2) is 5.79. The van der Waals surface area contributed by atoms with E-state index in [4.69, 9.17) is 16.7 Å². The Morgan fingerprint density at radius 2 is 2.25 bits per heavy atom. The molecule has 70 valence electrons. The molecule has 1 amide bonds. The first-order chi connectivity index (χ1) is 5.61. The van der Waals surface area contributed by atoms with Gasteiger partial charge in [-0.3, -0.25) is 4.79 Å². The van der Waals surface area contributed by atoms with Gasteiger partial charge in [-0.1, -0.05) is 0 Å². The van der Waals surface area contributed by atoms with E-state index in [1.807, 2.05) is 0 Å². The van der Waals surface area contributed by atoms with Crippen LogP contribution < -0.4 is 5.32 Å². The Morgan fingerprint density at radius 1 is 1.67 bits per heavy atom. The fourth-order valence-corrected chi connectivity index (χ4v) is 0.572. The highest BCUT2D eigenvalue weighted by atomic mass is 35.5. The normalized spacial score (nSPS) is 11.9. The molecule has 0 bridgehead atoms. The number of carbonyl (C=O) groups excluding carboxylic acids is 2. The van der Waals surface area contributed by atoms with Crippen molar-refractivity contribution >= 4 is 23.5 Å². The summed E-state index contributed by atoms with van der Waals surface area (Å²) in [6.07, 6.45) is -1.33. The fourth-order valence-electron chi connectivity index (χ4n) is 0.477. The maximum absolute atomic E-state index is 10.6. The first-order valence-corrected chi connectivity index (χ1v) is 3.73. The smallest absolute Gasteiger partial charge is 0.336 e. The third-order valence-electron chi connectivity index (χ3n) is 1.09. The number of aliphatic hydroxyl groups excluding tert-OH is 1. The highest BCUT2D eigenvalue weighted by Gasteiger charge is 2.15. The number of esters is 1. The van der Waals surface area contributed by atoms with Crippen LogP contribution in [0.15, 0.2) is 0 Å². The number of methoxy groups -OCH3 is 1. The van der Waals surface area contributed by atoms with Gasteiger partial charge in [0.15, 0.2) is 6.10 Å². The van der Waals surface area contributed by atoms with E-state index >= 15 is 0 Å². The number of hydrogen-bond acceptors (Lipinski definition) is 4. The number of halogens is 1. The summed E-state index contributed by atoms with van der Waals surface area (Å²) in [7, 11) is 1.15. The van der Waals surface area contributed by atoms with Gasteiger partial charge in [-0.05, 0) is 0 Å². The zero-order valence-electron chi connectivity index (χ0n) is 6.54. The van der Waals surface area contributed by atoms with Gasteiger partial charge in [0.05, 0.1) is 13.7 Å². The van der Waals surface area contributed by atoms with Gasteiger partial charge in [-0.15, -0.1) is 11.6 Å². The Labute approximate surface area is 74.6 Å². The quantitative estimate of drug-likeness (QED) is 0.440. The first-order valence-electron chi connectivity index (χ1n) is 3.20. The molecule has 0 rings (SSSR count). The van der Waals surface area contributed by atoms with Crippen molar-refractivity contribution in [2.45, 2.75) is 6.10 Å². The summed E-state index contributed by atoms with van der Waals surface area (Å²) >= 11 is 5.14. The molecule has 5 nitrogen and oxygen atoms in total. The van der Waals surface area contributed by atoms with E-state index in [1.165, 1.54) is 0 Å². The number of aliphatic hydroxyl groups is 1. The minimum absolute atomic E-state index is 0.182. The van der Waals surface area contributed by atoms with Crippen molar-refractivity contribution in [1.29, 1.82) is 0 Å². The Morgan fingerprint density at radius 3 is 2.67 bits per heavy atom. The summed E-state index contributed by atoms with van der Waals surface area (Å²) in [5.74, 6) is -1.43. The molecule has 1 atom stereocenters. The van der Waals surface area contributed by atoms with Crippen LogP contribution in [0.25, 0.3) is 0 Å². The molecule has 0 spiro atoms. The third kappa shape index (κ3) is 4.15. The van der Waals surface area contributed by atoms with E-state index in [0.717, 1.165) is 7.11 Å². The molecule has 0 fully saturated rings. The molecule has 0 aliphatic carbocycles. The highest BCUT2D eigenvalue weighted by Crippen LogP contribution is 1.85. The van der Waals surface area contributed by atoms with Crippen LogP contribution in [-0.2, 0) is 14.3 Å². The summed E-state index contributed by atoms with van der Waals surface area (Å²) in [6, 6.07) is 0. The van der Waals surface area contributed by atoms with E-state index in [1.54, 1.807) is 0 Å². The molecule has 2 N–H and O–H groups in total. The van der Waals surface area contributed by atoms with Gasteiger partial charge >= 0.3 is 5.97 Å². The van der Waals surface area contributed by atoms with Crippen molar-refractivity contribution in [3.05, 3.63) is 0 Å². The molecule has 12 heavy (non-hydrogen) atoms. The number of alkyl halides is 1. The monoisotopic (exact) mass is 195 g/mol. The van der Waals surface area contributed by atoms with Crippen molar-refractivity contribution in [1.82, 2.24) is 5.32 Å². The number of amides is 1. The summed E-state index contributed by atoms with van der Waals surface area (Å²) in [5, 5.41) is 11.2. The lowest BCUT2D eigenvalue weighted by atomic mass is 10.3. The van der Waals surface area contributed by atoms with E-state index in [-0.39, 0.29) is 12.4 Å². The van der Waals surface area contributed by atoms with Crippen LogP contribution in [0.5, 0.6) is 0 Å². The summed E-state index contributed by atoms with van der Waals surface area (Å²) < 4.78 is 4.20. The van der Waals surface area contributed by atoms with Crippen LogP contribution in [0.3, 0.4) is 0 Å². The Balaban J connectivity index is 3.63. The zero-order chi connectivity index (χ0) is 9.56. The predicted molar refractivity (Wildman–Crippen MR) is 41.8 cm³/mol. The summed E-state index contributed by atoms with van der Waals surface area (Å²) in [6.45, 7) is -0.182. The molecule has 0 aromatic carbocycles. The van der Waals surface area contributed by atoms with Crippen molar-refractivity contribution in [3.8, 4) is 0 Å². The molecule has 0 aromatic rings. The number of ether oxygens (including phenoxy) is 1. The Bertz CT molecular complexity index is 173. The van der Waals surface area contributed by atoms with E-state index in [9.17, 15) is 9.59 Å². The average Bonchev–Trinajstić information content (AvgIpc) is 2.11. The van der Waals surface area contributed by atoms with Crippen LogP contribution in [0.4, 0.5) is 0 Å². The maximum Gasteiger partial charge on any atom is 0.336 e. The third-order valence-corrected chi connectivity index (χ3v) is 1.33. The van der Waals surface area contributed by atoms with Crippen molar-refractivity contribution in [2.24, 2.45) is 0 Å². The van der Waals surface area contributed by atoms with Crippen LogP contribution in [0.1, 0.15) is 0 Å². The second-order valence-corrected chi connectivity index (χ2v) is 2.24. The van der Waals surface area contributed by atoms with E-state index < -0.39 is 18.0 Å². The van der Waals surface area contributed by atoms with Gasteiger partial charge in [0, 0.05) is 0 Å². The number of rotatable bonds is 4. The topological polar surface area (TPSA) is 75.6 Å². The van der Waals surface area contributed by atoms with Gasteiger partial charge in [0.1, 0.15) is 5.88 Å². The number of nitrogens with one attached hydrogen (secondary N) is 1. The van der Waals surface area contributed by atoms with Gasteiger partial charge in [0.2, 0.25) is 5.91 Å². The lowest BCUT2D eigenvalue weighted by Crippen LogP contribution is -2.37. The van der Waals surface area contributed by atoms with Gasteiger partial charge in [-0.25, -0.2) is 4.79 Å².